The van der Waals surface area contributed by atoms with Crippen molar-refractivity contribution in [3.8, 4) is 0 Å². The maximum absolute atomic E-state index is 2.64. The Balaban J connectivity index is 1.87. The van der Waals surface area contributed by atoms with E-state index in [1.54, 1.807) is 0 Å². The van der Waals surface area contributed by atoms with Crippen LogP contribution in [0.1, 0.15) is 36.9 Å². The van der Waals surface area contributed by atoms with Crippen LogP contribution in [0.4, 0.5) is 0 Å². The van der Waals surface area contributed by atoms with Crippen molar-refractivity contribution >= 4 is 0 Å². The first kappa shape index (κ1) is 14.3. The molecule has 0 aliphatic carbocycles. The van der Waals surface area contributed by atoms with E-state index in [0.717, 1.165) is 5.92 Å². The van der Waals surface area contributed by atoms with Crippen LogP contribution < -0.4 is 0 Å². The lowest BCUT2D eigenvalue weighted by atomic mass is 9.90. The smallest absolute Gasteiger partial charge is 0.0601 e. The van der Waals surface area contributed by atoms with Crippen molar-refractivity contribution < 1.29 is 0 Å². The first-order chi connectivity index (χ1) is 10.4. The standard InChI is InChI=1S/C20H24N/c1-2-17-13-15-21(16-14-17)20(18-9-5-3-6-10-18)19-11-7-4-8-12-19/h2-12,17,20H,13-16H2,1H3. The molecule has 21 heavy (non-hydrogen) atoms. The SMILES string of the molecule is C[CH]C1CCN(C(c2ccccc2)c2ccccc2)CC1. The Morgan fingerprint density at radius 1 is 0.857 bits per heavy atom. The van der Waals surface area contributed by atoms with Crippen LogP contribution in [0.3, 0.4) is 0 Å². The fraction of sp³-hybridized carbons (Fsp3) is 0.350. The largest absolute Gasteiger partial charge is 0.292 e. The average Bonchev–Trinajstić information content (AvgIpc) is 2.58. The molecule has 0 aromatic heterocycles. The first-order valence-corrected chi connectivity index (χ1v) is 8.02. The Hall–Kier alpha value is -1.60. The summed E-state index contributed by atoms with van der Waals surface area (Å²) >= 11 is 0. The monoisotopic (exact) mass is 278 g/mol. The zero-order valence-corrected chi connectivity index (χ0v) is 12.8. The highest BCUT2D eigenvalue weighted by Crippen LogP contribution is 2.32. The molecule has 0 saturated carbocycles. The molecule has 1 aliphatic heterocycles. The topological polar surface area (TPSA) is 3.24 Å². The number of benzene rings is 2. The highest BCUT2D eigenvalue weighted by atomic mass is 15.2. The fourth-order valence-corrected chi connectivity index (χ4v) is 3.40. The van der Waals surface area contributed by atoms with Crippen molar-refractivity contribution in [3.05, 3.63) is 78.2 Å². The molecule has 1 radical (unpaired) electrons. The van der Waals surface area contributed by atoms with E-state index in [4.69, 9.17) is 0 Å². The third kappa shape index (κ3) is 3.36. The van der Waals surface area contributed by atoms with E-state index in [2.05, 4.69) is 78.9 Å². The average molecular weight is 278 g/mol. The van der Waals surface area contributed by atoms with Crippen LogP contribution in [0, 0.1) is 12.3 Å². The van der Waals surface area contributed by atoms with Gasteiger partial charge in [0, 0.05) is 0 Å². The predicted molar refractivity (Wildman–Crippen MR) is 89.0 cm³/mol. The van der Waals surface area contributed by atoms with Crippen LogP contribution >= 0.6 is 0 Å². The van der Waals surface area contributed by atoms with Gasteiger partial charge in [-0.25, -0.2) is 0 Å². The fourth-order valence-electron chi connectivity index (χ4n) is 3.40. The van der Waals surface area contributed by atoms with Gasteiger partial charge in [-0.05, 0) is 49.4 Å². The van der Waals surface area contributed by atoms with E-state index in [0.29, 0.717) is 6.04 Å². The lowest BCUT2D eigenvalue weighted by Gasteiger charge is -2.38. The maximum Gasteiger partial charge on any atom is 0.0601 e. The third-order valence-electron chi connectivity index (χ3n) is 4.64. The van der Waals surface area contributed by atoms with E-state index in [-0.39, 0.29) is 0 Å². The molecule has 2 aromatic carbocycles. The summed E-state index contributed by atoms with van der Waals surface area (Å²) in [6.45, 7) is 4.57. The lowest BCUT2D eigenvalue weighted by molar-refractivity contribution is 0.161. The minimum atomic E-state index is 0.394. The second-order valence-electron chi connectivity index (χ2n) is 5.93. The molecule has 0 atom stereocenters. The van der Waals surface area contributed by atoms with Gasteiger partial charge in [0.2, 0.25) is 0 Å². The van der Waals surface area contributed by atoms with Crippen LogP contribution in [0.15, 0.2) is 60.7 Å². The molecular formula is C20H24N. The Bertz CT molecular complexity index is 487. The Kier molecular flexibility index (Phi) is 4.72. The van der Waals surface area contributed by atoms with Crippen LogP contribution in [0.5, 0.6) is 0 Å². The molecule has 1 aliphatic rings. The van der Waals surface area contributed by atoms with Gasteiger partial charge in [0.15, 0.2) is 0 Å². The van der Waals surface area contributed by atoms with Crippen molar-refractivity contribution in [2.75, 3.05) is 13.1 Å². The van der Waals surface area contributed by atoms with Crippen LogP contribution in [-0.2, 0) is 0 Å². The molecule has 0 amide bonds. The van der Waals surface area contributed by atoms with E-state index in [1.165, 1.54) is 37.1 Å². The van der Waals surface area contributed by atoms with E-state index < -0.39 is 0 Å². The zero-order chi connectivity index (χ0) is 14.5. The van der Waals surface area contributed by atoms with Crippen molar-refractivity contribution in [1.82, 2.24) is 4.90 Å². The highest BCUT2D eigenvalue weighted by molar-refractivity contribution is 5.31. The number of piperidine rings is 1. The summed E-state index contributed by atoms with van der Waals surface area (Å²) in [6, 6.07) is 22.2. The number of likely N-dealkylation sites (tertiary alicyclic amines) is 1. The maximum atomic E-state index is 2.64. The summed E-state index contributed by atoms with van der Waals surface area (Å²) in [6.07, 6.45) is 4.94. The van der Waals surface area contributed by atoms with Gasteiger partial charge in [-0.15, -0.1) is 0 Å². The molecule has 109 valence electrons. The van der Waals surface area contributed by atoms with Crippen LogP contribution in [0.25, 0.3) is 0 Å². The zero-order valence-electron chi connectivity index (χ0n) is 12.8. The van der Waals surface area contributed by atoms with Gasteiger partial charge in [-0.1, -0.05) is 67.6 Å². The van der Waals surface area contributed by atoms with Gasteiger partial charge in [0.1, 0.15) is 0 Å². The first-order valence-electron chi connectivity index (χ1n) is 8.02. The van der Waals surface area contributed by atoms with Gasteiger partial charge >= 0.3 is 0 Å². The molecule has 0 spiro atoms. The van der Waals surface area contributed by atoms with Crippen molar-refractivity contribution in [2.45, 2.75) is 25.8 Å². The second-order valence-corrected chi connectivity index (χ2v) is 5.93. The van der Waals surface area contributed by atoms with Gasteiger partial charge in [-0.2, -0.15) is 0 Å². The van der Waals surface area contributed by atoms with Crippen molar-refractivity contribution in [2.24, 2.45) is 5.92 Å². The normalized spacial score (nSPS) is 17.2. The molecule has 0 N–H and O–H groups in total. The van der Waals surface area contributed by atoms with Gasteiger partial charge in [-0.3, -0.25) is 4.90 Å². The molecule has 0 bridgehead atoms. The number of hydrogen-bond acceptors (Lipinski definition) is 1. The quantitative estimate of drug-likeness (QED) is 0.782. The number of rotatable bonds is 4. The van der Waals surface area contributed by atoms with E-state index >= 15 is 0 Å². The lowest BCUT2D eigenvalue weighted by Crippen LogP contribution is -2.37. The Morgan fingerprint density at radius 3 is 1.76 bits per heavy atom. The summed E-state index contributed by atoms with van der Waals surface area (Å²) in [4.78, 5) is 2.64. The van der Waals surface area contributed by atoms with Crippen molar-refractivity contribution in [3.63, 3.8) is 0 Å². The molecule has 0 unspecified atom stereocenters. The molecular weight excluding hydrogens is 254 g/mol. The third-order valence-corrected chi connectivity index (χ3v) is 4.64. The van der Waals surface area contributed by atoms with Gasteiger partial charge in [0.25, 0.3) is 0 Å². The molecule has 1 heterocycles. The molecule has 1 fully saturated rings. The second kappa shape index (κ2) is 6.91. The minimum Gasteiger partial charge on any atom is -0.292 e. The highest BCUT2D eigenvalue weighted by Gasteiger charge is 2.26. The molecule has 3 rings (SSSR count). The summed E-state index contributed by atoms with van der Waals surface area (Å²) in [7, 11) is 0. The summed E-state index contributed by atoms with van der Waals surface area (Å²) < 4.78 is 0. The van der Waals surface area contributed by atoms with Crippen molar-refractivity contribution in [1.29, 1.82) is 0 Å². The molecule has 1 nitrogen and oxygen atoms in total. The van der Waals surface area contributed by atoms with Crippen LogP contribution in [-0.4, -0.2) is 18.0 Å². The van der Waals surface area contributed by atoms with Gasteiger partial charge in [0.05, 0.1) is 6.04 Å². The minimum absolute atomic E-state index is 0.394. The Labute approximate surface area is 128 Å². The summed E-state index contributed by atoms with van der Waals surface area (Å²) in [5.41, 5.74) is 2.81. The Morgan fingerprint density at radius 2 is 1.33 bits per heavy atom. The predicted octanol–water partition coefficient (Wildman–Crippen LogP) is 4.71. The van der Waals surface area contributed by atoms with E-state index in [9.17, 15) is 0 Å². The molecule has 1 heteroatoms. The molecule has 2 aromatic rings. The summed E-state index contributed by atoms with van der Waals surface area (Å²) in [5.74, 6) is 0.799. The number of hydrogen-bond donors (Lipinski definition) is 0. The number of nitrogens with zero attached hydrogens (tertiary/aromatic N) is 1. The van der Waals surface area contributed by atoms with E-state index in [1.807, 2.05) is 0 Å². The van der Waals surface area contributed by atoms with Crippen LogP contribution in [0.2, 0.25) is 0 Å². The molecule has 1 saturated heterocycles. The van der Waals surface area contributed by atoms with Gasteiger partial charge < -0.3 is 0 Å². The summed E-state index contributed by atoms with van der Waals surface area (Å²) in [5, 5.41) is 0.